The molecule has 18 heavy (non-hydrogen) atoms. The Kier molecular flexibility index (Phi) is 4.57. The van der Waals surface area contributed by atoms with Crippen molar-refractivity contribution in [3.8, 4) is 0 Å². The zero-order valence-corrected chi connectivity index (χ0v) is 11.3. The normalized spacial score (nSPS) is 24.5. The van der Waals surface area contributed by atoms with Crippen LogP contribution in [0.5, 0.6) is 0 Å². The van der Waals surface area contributed by atoms with Gasteiger partial charge in [-0.05, 0) is 26.0 Å². The van der Waals surface area contributed by atoms with E-state index in [4.69, 9.17) is 11.6 Å². The smallest absolute Gasteiger partial charge is 0.130 e. The number of nitrogens with zero attached hydrogens (tertiary/aromatic N) is 1. The molecule has 1 aliphatic carbocycles. The highest BCUT2D eigenvalue weighted by Crippen LogP contribution is 2.27. The van der Waals surface area contributed by atoms with Crippen LogP contribution >= 0.6 is 11.6 Å². The van der Waals surface area contributed by atoms with Gasteiger partial charge in [-0.25, -0.2) is 8.78 Å². The van der Waals surface area contributed by atoms with Crippen LogP contribution in [0.4, 0.5) is 8.78 Å². The Hall–Kier alpha value is -0.670. The van der Waals surface area contributed by atoms with Crippen LogP contribution in [-0.2, 0) is 6.54 Å². The van der Waals surface area contributed by atoms with Crippen molar-refractivity contribution in [3.63, 3.8) is 0 Å². The molecule has 2 unspecified atom stereocenters. The average molecular weight is 274 g/mol. The Balaban J connectivity index is 2.03. The Morgan fingerprint density at radius 3 is 2.67 bits per heavy atom. The van der Waals surface area contributed by atoms with E-state index in [9.17, 15) is 8.78 Å². The molecule has 1 aromatic rings. The summed E-state index contributed by atoms with van der Waals surface area (Å²) in [5.74, 6) is -1.02. The highest BCUT2D eigenvalue weighted by Gasteiger charge is 2.26. The van der Waals surface area contributed by atoms with E-state index in [-0.39, 0.29) is 11.4 Å². The summed E-state index contributed by atoms with van der Waals surface area (Å²) in [4.78, 5) is 2.08. The fourth-order valence-corrected chi connectivity index (χ4v) is 3.07. The Morgan fingerprint density at radius 1 is 1.28 bits per heavy atom. The maximum Gasteiger partial charge on any atom is 0.130 e. The van der Waals surface area contributed by atoms with Crippen molar-refractivity contribution >= 4 is 11.6 Å². The largest absolute Gasteiger partial charge is 0.298 e. The van der Waals surface area contributed by atoms with Crippen molar-refractivity contribution in [1.29, 1.82) is 0 Å². The zero-order chi connectivity index (χ0) is 13.1. The standard InChI is InChI=1S/C14H18ClF2N/c1-18(14-5-3-2-4-12(14)15)9-10-6-7-11(16)8-13(10)17/h6-8,12,14H,2-5,9H2,1H3. The first-order valence-electron chi connectivity index (χ1n) is 6.36. The maximum absolute atomic E-state index is 13.6. The minimum atomic E-state index is -0.535. The quantitative estimate of drug-likeness (QED) is 0.754. The lowest BCUT2D eigenvalue weighted by molar-refractivity contribution is 0.186. The first kappa shape index (κ1) is 13.8. The molecule has 0 spiro atoms. The van der Waals surface area contributed by atoms with Crippen LogP contribution < -0.4 is 0 Å². The van der Waals surface area contributed by atoms with Gasteiger partial charge in [0, 0.05) is 29.6 Å². The zero-order valence-electron chi connectivity index (χ0n) is 10.5. The van der Waals surface area contributed by atoms with Crippen LogP contribution in [-0.4, -0.2) is 23.4 Å². The van der Waals surface area contributed by atoms with E-state index in [0.29, 0.717) is 12.1 Å². The van der Waals surface area contributed by atoms with E-state index in [1.165, 1.54) is 25.0 Å². The molecule has 1 aliphatic rings. The Labute approximate surface area is 112 Å². The molecule has 1 saturated carbocycles. The molecule has 1 nitrogen and oxygen atoms in total. The van der Waals surface area contributed by atoms with Crippen LogP contribution in [0, 0.1) is 11.6 Å². The van der Waals surface area contributed by atoms with Crippen LogP contribution in [0.3, 0.4) is 0 Å². The fraction of sp³-hybridized carbons (Fsp3) is 0.571. The van der Waals surface area contributed by atoms with E-state index < -0.39 is 11.6 Å². The van der Waals surface area contributed by atoms with E-state index in [0.717, 1.165) is 18.9 Å². The number of hydrogen-bond acceptors (Lipinski definition) is 1. The monoisotopic (exact) mass is 273 g/mol. The number of hydrogen-bond donors (Lipinski definition) is 0. The minimum absolute atomic E-state index is 0.132. The average Bonchev–Trinajstić information content (AvgIpc) is 2.33. The molecule has 1 aromatic carbocycles. The van der Waals surface area contributed by atoms with Gasteiger partial charge in [-0.3, -0.25) is 4.90 Å². The topological polar surface area (TPSA) is 3.24 Å². The second-order valence-electron chi connectivity index (χ2n) is 5.02. The molecule has 0 saturated heterocycles. The van der Waals surface area contributed by atoms with Crippen LogP contribution in [0.1, 0.15) is 31.2 Å². The third-order valence-electron chi connectivity index (χ3n) is 3.65. The third kappa shape index (κ3) is 3.21. The van der Waals surface area contributed by atoms with Gasteiger partial charge in [0.15, 0.2) is 0 Å². The van der Waals surface area contributed by atoms with Gasteiger partial charge in [-0.15, -0.1) is 11.6 Å². The molecule has 0 aliphatic heterocycles. The highest BCUT2D eigenvalue weighted by atomic mass is 35.5. The summed E-state index contributed by atoms with van der Waals surface area (Å²) >= 11 is 6.31. The molecule has 0 aromatic heterocycles. The molecule has 2 atom stereocenters. The first-order valence-corrected chi connectivity index (χ1v) is 6.80. The number of benzene rings is 1. The van der Waals surface area contributed by atoms with E-state index in [1.807, 2.05) is 7.05 Å². The summed E-state index contributed by atoms with van der Waals surface area (Å²) in [6, 6.07) is 4.02. The maximum atomic E-state index is 13.6. The summed E-state index contributed by atoms with van der Waals surface area (Å²) in [5.41, 5.74) is 0.522. The molecule has 2 rings (SSSR count). The summed E-state index contributed by atoms with van der Waals surface area (Å²) in [6.07, 6.45) is 4.41. The van der Waals surface area contributed by atoms with Gasteiger partial charge in [0.1, 0.15) is 11.6 Å². The molecule has 100 valence electrons. The van der Waals surface area contributed by atoms with E-state index in [1.54, 1.807) is 0 Å². The Bertz CT molecular complexity index is 411. The van der Waals surface area contributed by atoms with Crippen molar-refractivity contribution < 1.29 is 8.78 Å². The molecule has 0 bridgehead atoms. The lowest BCUT2D eigenvalue weighted by Crippen LogP contribution is -2.40. The van der Waals surface area contributed by atoms with E-state index >= 15 is 0 Å². The number of alkyl halides is 1. The van der Waals surface area contributed by atoms with Crippen molar-refractivity contribution in [1.82, 2.24) is 4.90 Å². The van der Waals surface area contributed by atoms with Crippen LogP contribution in [0.25, 0.3) is 0 Å². The number of rotatable bonds is 3. The molecular weight excluding hydrogens is 256 g/mol. The summed E-state index contributed by atoms with van der Waals surface area (Å²) < 4.78 is 26.4. The van der Waals surface area contributed by atoms with Crippen molar-refractivity contribution in [2.45, 2.75) is 43.6 Å². The summed E-state index contributed by atoms with van der Waals surface area (Å²) in [5, 5.41) is 0.132. The van der Waals surface area contributed by atoms with Gasteiger partial charge in [0.2, 0.25) is 0 Å². The molecule has 1 fully saturated rings. The van der Waals surface area contributed by atoms with Gasteiger partial charge in [-0.2, -0.15) is 0 Å². The lowest BCUT2D eigenvalue weighted by Gasteiger charge is -2.35. The second kappa shape index (κ2) is 5.98. The van der Waals surface area contributed by atoms with Gasteiger partial charge in [0.25, 0.3) is 0 Å². The van der Waals surface area contributed by atoms with Crippen molar-refractivity contribution in [3.05, 3.63) is 35.4 Å². The van der Waals surface area contributed by atoms with E-state index in [2.05, 4.69) is 4.90 Å². The highest BCUT2D eigenvalue weighted by molar-refractivity contribution is 6.21. The third-order valence-corrected chi connectivity index (χ3v) is 4.16. The molecule has 0 amide bonds. The molecule has 0 heterocycles. The molecule has 0 N–H and O–H groups in total. The fourth-order valence-electron chi connectivity index (χ4n) is 2.60. The molecular formula is C14H18ClF2N. The van der Waals surface area contributed by atoms with Gasteiger partial charge < -0.3 is 0 Å². The van der Waals surface area contributed by atoms with Crippen LogP contribution in [0.2, 0.25) is 0 Å². The summed E-state index contributed by atoms with van der Waals surface area (Å²) in [6.45, 7) is 0.472. The van der Waals surface area contributed by atoms with Crippen molar-refractivity contribution in [2.24, 2.45) is 0 Å². The van der Waals surface area contributed by atoms with Gasteiger partial charge >= 0.3 is 0 Å². The van der Waals surface area contributed by atoms with Crippen LogP contribution in [0.15, 0.2) is 18.2 Å². The molecule has 4 heteroatoms. The predicted molar refractivity (Wildman–Crippen MR) is 69.7 cm³/mol. The molecule has 0 radical (unpaired) electrons. The minimum Gasteiger partial charge on any atom is -0.298 e. The van der Waals surface area contributed by atoms with Gasteiger partial charge in [-0.1, -0.05) is 18.9 Å². The predicted octanol–water partition coefficient (Wildman–Crippen LogP) is 3.95. The first-order chi connectivity index (χ1) is 8.58. The second-order valence-corrected chi connectivity index (χ2v) is 5.58. The number of halogens is 3. The SMILES string of the molecule is CN(Cc1ccc(F)cc1F)C1CCCCC1Cl. The van der Waals surface area contributed by atoms with Crippen molar-refractivity contribution in [2.75, 3.05) is 7.05 Å². The summed E-state index contributed by atoms with van der Waals surface area (Å²) in [7, 11) is 1.95. The lowest BCUT2D eigenvalue weighted by atomic mass is 9.93. The van der Waals surface area contributed by atoms with Gasteiger partial charge in [0.05, 0.1) is 0 Å². The Morgan fingerprint density at radius 2 is 2.00 bits per heavy atom.